The van der Waals surface area contributed by atoms with Crippen LogP contribution in [0.3, 0.4) is 0 Å². The molecular weight excluding hydrogens is 352 g/mol. The lowest BCUT2D eigenvalue weighted by Crippen LogP contribution is -1.86. The van der Waals surface area contributed by atoms with Gasteiger partial charge in [-0.15, -0.1) is 0 Å². The highest BCUT2D eigenvalue weighted by Gasteiger charge is 2.10. The first-order chi connectivity index (χ1) is 14.3. The van der Waals surface area contributed by atoms with Crippen molar-refractivity contribution in [2.24, 2.45) is 0 Å². The van der Waals surface area contributed by atoms with E-state index in [0.29, 0.717) is 0 Å². The highest BCUT2D eigenvalue weighted by Crippen LogP contribution is 2.25. The molecule has 0 fully saturated rings. The monoisotopic (exact) mass is 388 g/mol. The molecule has 0 amide bonds. The number of rotatable bonds is 2. The summed E-state index contributed by atoms with van der Waals surface area (Å²) in [6.45, 7) is 13.0. The van der Waals surface area contributed by atoms with Gasteiger partial charge in [-0.25, -0.2) is 0 Å². The van der Waals surface area contributed by atoms with Gasteiger partial charge in [0, 0.05) is 6.42 Å². The Balaban J connectivity index is 0.000000260. The molecule has 1 aliphatic rings. The van der Waals surface area contributed by atoms with Gasteiger partial charge in [0.25, 0.3) is 0 Å². The third-order valence-corrected chi connectivity index (χ3v) is 4.30. The smallest absolute Gasteiger partial charge is 0.122 e. The van der Waals surface area contributed by atoms with Gasteiger partial charge in [0.15, 0.2) is 0 Å². The summed E-state index contributed by atoms with van der Waals surface area (Å²) in [5.74, 6) is 1.07. The Hall–Kier alpha value is -2.80. The van der Waals surface area contributed by atoms with Gasteiger partial charge in [-0.3, -0.25) is 0 Å². The van der Waals surface area contributed by atoms with E-state index in [9.17, 15) is 0 Å². The molecule has 0 saturated heterocycles. The lowest BCUT2D eigenvalue weighted by atomic mass is 9.98. The second kappa shape index (κ2) is 14.2. The van der Waals surface area contributed by atoms with Crippen LogP contribution in [0.4, 0.5) is 0 Å². The second-order valence-electron chi connectivity index (χ2n) is 6.14. The molecule has 1 heterocycles. The number of fused-ring (bicyclic) bond motifs is 1. The molecule has 0 atom stereocenters. The quantitative estimate of drug-likeness (QED) is 0.430. The summed E-state index contributed by atoms with van der Waals surface area (Å²) in [7, 11) is 0. The van der Waals surface area contributed by atoms with Gasteiger partial charge in [0.2, 0.25) is 0 Å². The van der Waals surface area contributed by atoms with E-state index in [0.717, 1.165) is 18.8 Å². The zero-order chi connectivity index (χ0) is 21.5. The minimum Gasteiger partial charge on any atom is -0.493 e. The van der Waals surface area contributed by atoms with E-state index in [2.05, 4.69) is 86.7 Å². The van der Waals surface area contributed by atoms with E-state index in [1.807, 2.05) is 39.8 Å². The van der Waals surface area contributed by atoms with Gasteiger partial charge in [-0.05, 0) is 42.2 Å². The highest BCUT2D eigenvalue weighted by atomic mass is 16.5. The number of hydrogen-bond acceptors (Lipinski definition) is 1. The van der Waals surface area contributed by atoms with Crippen molar-refractivity contribution in [1.82, 2.24) is 0 Å². The van der Waals surface area contributed by atoms with Crippen LogP contribution in [0.2, 0.25) is 0 Å². The molecule has 0 N–H and O–H groups in total. The van der Waals surface area contributed by atoms with Crippen LogP contribution in [0, 0.1) is 6.92 Å². The lowest BCUT2D eigenvalue weighted by Gasteiger charge is -2.06. The van der Waals surface area contributed by atoms with Gasteiger partial charge < -0.3 is 4.74 Å². The molecule has 0 aliphatic carbocycles. The maximum absolute atomic E-state index is 5.35. The van der Waals surface area contributed by atoms with Crippen LogP contribution in [0.15, 0.2) is 84.9 Å². The molecule has 0 bridgehead atoms. The molecular formula is C28H36O. The minimum absolute atomic E-state index is 0.860. The Kier molecular flexibility index (Phi) is 11.9. The molecule has 4 rings (SSSR count). The van der Waals surface area contributed by atoms with Gasteiger partial charge in [-0.1, -0.05) is 112 Å². The zero-order valence-electron chi connectivity index (χ0n) is 18.9. The van der Waals surface area contributed by atoms with E-state index in [4.69, 9.17) is 4.74 Å². The van der Waals surface area contributed by atoms with Crippen LogP contribution < -0.4 is 4.74 Å². The van der Waals surface area contributed by atoms with E-state index < -0.39 is 0 Å². The van der Waals surface area contributed by atoms with Crippen molar-refractivity contribution in [2.45, 2.75) is 48.0 Å². The number of aryl methyl sites for hydroxylation is 1. The van der Waals surface area contributed by atoms with Gasteiger partial charge >= 0.3 is 0 Å². The second-order valence-corrected chi connectivity index (χ2v) is 6.14. The third kappa shape index (κ3) is 7.62. The maximum Gasteiger partial charge on any atom is 0.122 e. The third-order valence-electron chi connectivity index (χ3n) is 4.30. The first-order valence-corrected chi connectivity index (χ1v) is 10.8. The van der Waals surface area contributed by atoms with Gasteiger partial charge in [0.1, 0.15) is 5.75 Å². The fourth-order valence-electron chi connectivity index (χ4n) is 3.05. The first-order valence-electron chi connectivity index (χ1n) is 10.8. The summed E-state index contributed by atoms with van der Waals surface area (Å²) in [5.41, 5.74) is 6.51. The minimum atomic E-state index is 0.860. The molecule has 0 radical (unpaired) electrons. The average Bonchev–Trinajstić information content (AvgIpc) is 3.27. The molecule has 0 unspecified atom stereocenters. The average molecular weight is 389 g/mol. The number of benzene rings is 3. The van der Waals surface area contributed by atoms with E-state index in [-0.39, 0.29) is 0 Å². The van der Waals surface area contributed by atoms with Crippen LogP contribution in [0.1, 0.15) is 56.9 Å². The largest absolute Gasteiger partial charge is 0.493 e. The fourth-order valence-corrected chi connectivity index (χ4v) is 3.05. The van der Waals surface area contributed by atoms with Crippen molar-refractivity contribution in [3.63, 3.8) is 0 Å². The van der Waals surface area contributed by atoms with E-state index >= 15 is 0 Å². The maximum atomic E-state index is 5.35. The number of ether oxygens (including phenoxy) is 1. The molecule has 3 aromatic rings. The SMILES string of the molecule is CC.CC.CC=C(c1ccccc1)c1ccccc1.Cc1ccc2c(c1)CCO2. The molecule has 29 heavy (non-hydrogen) atoms. The number of hydrogen-bond donors (Lipinski definition) is 0. The van der Waals surface area contributed by atoms with Crippen molar-refractivity contribution in [3.05, 3.63) is 107 Å². The summed E-state index contributed by atoms with van der Waals surface area (Å²) in [5, 5.41) is 0. The first kappa shape index (κ1) is 24.2. The van der Waals surface area contributed by atoms with Crippen molar-refractivity contribution >= 4 is 5.57 Å². The predicted molar refractivity (Wildman–Crippen MR) is 129 cm³/mol. The van der Waals surface area contributed by atoms with Crippen molar-refractivity contribution in [1.29, 1.82) is 0 Å². The molecule has 0 aromatic heterocycles. The molecule has 1 aliphatic heterocycles. The predicted octanol–water partition coefficient (Wildman–Crippen LogP) is 8.12. The Bertz CT molecular complexity index is 791. The van der Waals surface area contributed by atoms with Crippen LogP contribution >= 0.6 is 0 Å². The summed E-state index contributed by atoms with van der Waals surface area (Å²) in [6.07, 6.45) is 3.24. The van der Waals surface area contributed by atoms with Crippen molar-refractivity contribution in [2.75, 3.05) is 6.61 Å². The van der Waals surface area contributed by atoms with Crippen LogP contribution in [0.25, 0.3) is 5.57 Å². The van der Waals surface area contributed by atoms with Gasteiger partial charge in [-0.2, -0.15) is 0 Å². The van der Waals surface area contributed by atoms with Crippen molar-refractivity contribution in [3.8, 4) is 5.75 Å². The highest BCUT2D eigenvalue weighted by molar-refractivity contribution is 5.79. The van der Waals surface area contributed by atoms with Crippen LogP contribution in [-0.4, -0.2) is 6.61 Å². The standard InChI is InChI=1S/C15H14.C9H10O.2C2H6/c1-2-15(13-9-5-3-6-10-13)14-11-7-4-8-12-14;1-7-2-3-9-8(6-7)4-5-10-9;2*1-2/h2-12H,1H3;2-3,6H,4-5H2,1H3;2*1-2H3. The molecule has 0 saturated carbocycles. The lowest BCUT2D eigenvalue weighted by molar-refractivity contribution is 0.357. The van der Waals surface area contributed by atoms with Gasteiger partial charge in [0.05, 0.1) is 6.61 Å². The molecule has 1 heteroatoms. The van der Waals surface area contributed by atoms with E-state index in [1.165, 1.54) is 27.8 Å². The molecule has 1 nitrogen and oxygen atoms in total. The normalized spacial score (nSPS) is 10.4. The fraction of sp³-hybridized carbons (Fsp3) is 0.286. The van der Waals surface area contributed by atoms with E-state index in [1.54, 1.807) is 0 Å². The Morgan fingerprint density at radius 2 is 1.28 bits per heavy atom. The molecule has 154 valence electrons. The Morgan fingerprint density at radius 1 is 0.759 bits per heavy atom. The topological polar surface area (TPSA) is 9.23 Å². The Morgan fingerprint density at radius 3 is 1.76 bits per heavy atom. The number of allylic oxidation sites excluding steroid dienone is 1. The summed E-state index contributed by atoms with van der Waals surface area (Å²) < 4.78 is 5.35. The summed E-state index contributed by atoms with van der Waals surface area (Å²) >= 11 is 0. The Labute approximate surface area is 178 Å². The summed E-state index contributed by atoms with van der Waals surface area (Å²) in [6, 6.07) is 27.3. The zero-order valence-corrected chi connectivity index (χ0v) is 18.9. The molecule has 3 aromatic carbocycles. The molecule has 0 spiro atoms. The van der Waals surface area contributed by atoms with Crippen LogP contribution in [-0.2, 0) is 6.42 Å². The van der Waals surface area contributed by atoms with Crippen LogP contribution in [0.5, 0.6) is 5.75 Å². The van der Waals surface area contributed by atoms with Crippen molar-refractivity contribution < 1.29 is 4.74 Å². The summed E-state index contributed by atoms with van der Waals surface area (Å²) in [4.78, 5) is 0.